The molecule has 0 aliphatic rings. The lowest BCUT2D eigenvalue weighted by atomic mass is 9.88. The molecule has 0 amide bonds. The molecule has 6 aromatic heterocycles. The number of nitrogens with zero attached hydrogens (tertiary/aromatic N) is 7. The summed E-state index contributed by atoms with van der Waals surface area (Å²) in [6.45, 7) is 7.66. The summed E-state index contributed by atoms with van der Waals surface area (Å²) < 4.78 is 26.6. The van der Waals surface area contributed by atoms with Gasteiger partial charge in [0, 0.05) is 71.5 Å². The van der Waals surface area contributed by atoms with Gasteiger partial charge in [-0.1, -0.05) is 50.2 Å². The number of hydrogen-bond acceptors (Lipinski definition) is 11. The summed E-state index contributed by atoms with van der Waals surface area (Å²) in [6, 6.07) is 30.9. The van der Waals surface area contributed by atoms with Crippen LogP contribution in [0.3, 0.4) is 0 Å². The molecule has 8 rings (SSSR count). The second-order valence-electron chi connectivity index (χ2n) is 14.3. The number of rotatable bonds is 14. The number of furan rings is 1. The molecular formula is C46H42FN9O2. The molecule has 2 aromatic carbocycles. The molecule has 0 radical (unpaired) electrons. The largest absolute Gasteiger partial charge is 0.496 e. The van der Waals surface area contributed by atoms with Crippen molar-refractivity contribution < 1.29 is 13.5 Å². The van der Waals surface area contributed by atoms with Gasteiger partial charge in [-0.3, -0.25) is 4.98 Å². The van der Waals surface area contributed by atoms with Crippen molar-refractivity contribution in [1.29, 1.82) is 0 Å². The zero-order valence-corrected chi connectivity index (χ0v) is 32.6. The van der Waals surface area contributed by atoms with Gasteiger partial charge in [0.25, 0.3) is 0 Å². The van der Waals surface area contributed by atoms with Crippen molar-refractivity contribution in [3.8, 4) is 51.0 Å². The van der Waals surface area contributed by atoms with Gasteiger partial charge in [0.05, 0.1) is 24.2 Å². The van der Waals surface area contributed by atoms with E-state index in [0.717, 1.165) is 56.2 Å². The molecule has 11 nitrogen and oxygen atoms in total. The van der Waals surface area contributed by atoms with Gasteiger partial charge in [0.1, 0.15) is 41.3 Å². The molecule has 0 aliphatic heterocycles. The smallest absolute Gasteiger partial charge is 0.213 e. The maximum atomic E-state index is 14.4. The van der Waals surface area contributed by atoms with Crippen LogP contribution in [0.4, 0.5) is 16.0 Å². The number of methoxy groups -OCH3 is 1. The number of fused-ring (bicyclic) bond motifs is 1. The number of halogens is 1. The van der Waals surface area contributed by atoms with E-state index in [1.807, 2.05) is 85.9 Å². The highest BCUT2D eigenvalue weighted by molar-refractivity contribution is 5.86. The number of benzene rings is 2. The van der Waals surface area contributed by atoms with Crippen LogP contribution < -0.4 is 15.4 Å². The van der Waals surface area contributed by atoms with E-state index in [0.29, 0.717) is 53.7 Å². The molecule has 0 saturated heterocycles. The summed E-state index contributed by atoms with van der Waals surface area (Å²) in [4.78, 5) is 31.1. The van der Waals surface area contributed by atoms with E-state index in [1.54, 1.807) is 25.8 Å². The summed E-state index contributed by atoms with van der Waals surface area (Å²) in [5.41, 5.74) is 8.79. The number of anilines is 2. The van der Waals surface area contributed by atoms with Crippen LogP contribution in [0.1, 0.15) is 36.6 Å². The Balaban J connectivity index is 1.04. The van der Waals surface area contributed by atoms with Crippen molar-refractivity contribution in [2.45, 2.75) is 33.1 Å². The molecule has 6 heterocycles. The third-order valence-electron chi connectivity index (χ3n) is 10.4. The number of para-hydroxylation sites is 2. The average Bonchev–Trinajstić information content (AvgIpc) is 3.71. The third kappa shape index (κ3) is 8.51. The highest BCUT2D eigenvalue weighted by atomic mass is 19.1. The zero-order valence-electron chi connectivity index (χ0n) is 32.6. The maximum absolute atomic E-state index is 14.4. The van der Waals surface area contributed by atoms with Gasteiger partial charge in [-0.2, -0.15) is 4.39 Å². The molecule has 0 spiro atoms. The van der Waals surface area contributed by atoms with E-state index >= 15 is 0 Å². The van der Waals surface area contributed by atoms with E-state index in [2.05, 4.69) is 66.5 Å². The first-order chi connectivity index (χ1) is 28.3. The van der Waals surface area contributed by atoms with Crippen molar-refractivity contribution in [2.75, 3.05) is 30.8 Å². The zero-order chi connectivity index (χ0) is 40.0. The fourth-order valence-corrected chi connectivity index (χ4v) is 6.92. The highest BCUT2D eigenvalue weighted by Crippen LogP contribution is 2.35. The van der Waals surface area contributed by atoms with Crippen LogP contribution in [0.5, 0.6) is 5.75 Å². The van der Waals surface area contributed by atoms with Crippen molar-refractivity contribution in [1.82, 2.24) is 34.9 Å². The number of aryl methyl sites for hydroxylation is 1. The first-order valence-corrected chi connectivity index (χ1v) is 19.2. The first kappa shape index (κ1) is 37.8. The molecule has 2 N–H and O–H groups in total. The summed E-state index contributed by atoms with van der Waals surface area (Å²) in [5, 5.41) is 7.88. The first-order valence-electron chi connectivity index (χ1n) is 19.2. The minimum absolute atomic E-state index is 0.241. The molecule has 2 atom stereocenters. The Kier molecular flexibility index (Phi) is 11.1. The van der Waals surface area contributed by atoms with Crippen LogP contribution in [0.2, 0.25) is 0 Å². The molecule has 12 heteroatoms. The van der Waals surface area contributed by atoms with Crippen LogP contribution in [-0.4, -0.2) is 55.1 Å². The van der Waals surface area contributed by atoms with Crippen LogP contribution in [0.15, 0.2) is 127 Å². The van der Waals surface area contributed by atoms with E-state index < -0.39 is 5.95 Å². The van der Waals surface area contributed by atoms with E-state index in [9.17, 15) is 4.39 Å². The van der Waals surface area contributed by atoms with Crippen molar-refractivity contribution in [3.63, 3.8) is 0 Å². The van der Waals surface area contributed by atoms with E-state index in [1.165, 1.54) is 12.3 Å². The lowest BCUT2D eigenvalue weighted by Gasteiger charge is -2.23. The number of nitrogens with one attached hydrogen (secondary N) is 2. The lowest BCUT2D eigenvalue weighted by molar-refractivity contribution is 0.397. The molecule has 0 aliphatic carbocycles. The Morgan fingerprint density at radius 2 is 1.48 bits per heavy atom. The molecule has 290 valence electrons. The van der Waals surface area contributed by atoms with Crippen molar-refractivity contribution in [3.05, 3.63) is 145 Å². The van der Waals surface area contributed by atoms with Crippen LogP contribution >= 0.6 is 0 Å². The molecule has 1 unspecified atom stereocenters. The van der Waals surface area contributed by atoms with Gasteiger partial charge in [-0.25, -0.2) is 29.9 Å². The predicted molar refractivity (Wildman–Crippen MR) is 225 cm³/mol. The van der Waals surface area contributed by atoms with E-state index in [4.69, 9.17) is 14.1 Å². The fourth-order valence-electron chi connectivity index (χ4n) is 6.92. The van der Waals surface area contributed by atoms with Gasteiger partial charge in [-0.05, 0) is 78.8 Å². The van der Waals surface area contributed by atoms with Gasteiger partial charge in [0.2, 0.25) is 5.95 Å². The predicted octanol–water partition coefficient (Wildman–Crippen LogP) is 9.83. The van der Waals surface area contributed by atoms with Crippen LogP contribution in [0.25, 0.3) is 56.2 Å². The van der Waals surface area contributed by atoms with E-state index in [-0.39, 0.29) is 11.8 Å². The minimum atomic E-state index is -0.594. The summed E-state index contributed by atoms with van der Waals surface area (Å²) >= 11 is 0. The topological polar surface area (TPSA) is 137 Å². The Hall–Kier alpha value is -7.08. The normalized spacial score (nSPS) is 12.3. The van der Waals surface area contributed by atoms with Crippen LogP contribution in [0, 0.1) is 18.8 Å². The Labute approximate surface area is 335 Å². The molecule has 0 fully saturated rings. The average molecular weight is 772 g/mol. The maximum Gasteiger partial charge on any atom is 0.213 e. The lowest BCUT2D eigenvalue weighted by Crippen LogP contribution is -2.18. The number of hydrogen-bond donors (Lipinski definition) is 2. The quantitative estimate of drug-likeness (QED) is 0.102. The van der Waals surface area contributed by atoms with Gasteiger partial charge < -0.3 is 19.8 Å². The SMILES string of the molecule is COc1ccccc1C(C)[C@H](C)CNc1cc(-c2cc(-c3ccnc(F)c3)nc(-c3cc4cccc(CCNc5cc(-c6ccc(C)nc6)ncn5)c4o3)c2)ncn1. The Bertz CT molecular complexity index is 2680. The fraction of sp³-hybridized carbons (Fsp3) is 0.196. The summed E-state index contributed by atoms with van der Waals surface area (Å²) in [5.74, 6) is 2.78. The van der Waals surface area contributed by atoms with Gasteiger partial charge in [-0.15, -0.1) is 0 Å². The summed E-state index contributed by atoms with van der Waals surface area (Å²) in [6.07, 6.45) is 7.02. The van der Waals surface area contributed by atoms with Crippen molar-refractivity contribution >= 4 is 22.6 Å². The van der Waals surface area contributed by atoms with Gasteiger partial charge >= 0.3 is 0 Å². The molecule has 0 saturated carbocycles. The number of pyridine rings is 3. The molecule has 8 aromatic rings. The molecule has 58 heavy (non-hydrogen) atoms. The second-order valence-corrected chi connectivity index (χ2v) is 14.3. The second kappa shape index (κ2) is 17.0. The molecule has 0 bridgehead atoms. The van der Waals surface area contributed by atoms with Crippen LogP contribution in [-0.2, 0) is 6.42 Å². The summed E-state index contributed by atoms with van der Waals surface area (Å²) in [7, 11) is 1.70. The highest BCUT2D eigenvalue weighted by Gasteiger charge is 2.19. The standard InChI is InChI=1S/C46H42FN9O2/c1-28(30(3)36-10-5-6-11-41(36)57-4)24-51-45-23-38(53-27-55-45)35-18-39(32-15-16-48-43(47)21-32)56-40(19-35)42-20-33-9-7-8-31(46(33)58-42)14-17-49-44-22-37(52-26-54-44)34-13-12-29(2)50-25-34/h5-13,15-16,18-23,25-28,30H,14,17,24H2,1-4H3,(H,49,52,54)(H,51,53,55)/t28-,30?/m1/s1. The van der Waals surface area contributed by atoms with Gasteiger partial charge in [0.15, 0.2) is 5.76 Å². The Morgan fingerprint density at radius 3 is 2.26 bits per heavy atom. The molecular weight excluding hydrogens is 730 g/mol. The minimum Gasteiger partial charge on any atom is -0.496 e. The third-order valence-corrected chi connectivity index (χ3v) is 10.4. The Morgan fingerprint density at radius 1 is 0.707 bits per heavy atom. The van der Waals surface area contributed by atoms with Crippen molar-refractivity contribution in [2.24, 2.45) is 5.92 Å². The monoisotopic (exact) mass is 771 g/mol. The number of ether oxygens (including phenoxy) is 1. The number of aromatic nitrogens is 7.